The fraction of sp³-hybridized carbons (Fsp3) is 0.438. The number of rotatable bonds is 6. The van der Waals surface area contributed by atoms with Crippen molar-refractivity contribution in [3.05, 3.63) is 56.1 Å². The Morgan fingerprint density at radius 1 is 1.33 bits per heavy atom. The SMILES string of the molecule is COCCn1c(C(C)C)ccc(C(N)c2cccs2)c1=O. The maximum absolute atomic E-state index is 12.8. The third-order valence-electron chi connectivity index (χ3n) is 3.53. The molecule has 2 heterocycles. The molecule has 0 aliphatic carbocycles. The van der Waals surface area contributed by atoms with Crippen molar-refractivity contribution in [2.45, 2.75) is 32.4 Å². The quantitative estimate of drug-likeness (QED) is 0.893. The summed E-state index contributed by atoms with van der Waals surface area (Å²) >= 11 is 1.57. The van der Waals surface area contributed by atoms with Crippen molar-refractivity contribution in [2.75, 3.05) is 13.7 Å². The Morgan fingerprint density at radius 2 is 2.10 bits per heavy atom. The van der Waals surface area contributed by atoms with E-state index in [9.17, 15) is 4.79 Å². The highest BCUT2D eigenvalue weighted by Crippen LogP contribution is 2.23. The minimum atomic E-state index is -0.368. The molecule has 0 saturated heterocycles. The molecule has 0 radical (unpaired) electrons. The van der Waals surface area contributed by atoms with E-state index >= 15 is 0 Å². The molecule has 0 spiro atoms. The standard InChI is InChI=1S/C16H22N2O2S/c1-11(2)13-7-6-12(15(17)14-5-4-10-21-14)16(19)18(13)8-9-20-3/h4-7,10-11,15H,8-9,17H2,1-3H3. The van der Waals surface area contributed by atoms with E-state index in [2.05, 4.69) is 13.8 Å². The molecule has 5 heteroatoms. The zero-order valence-corrected chi connectivity index (χ0v) is 13.5. The average molecular weight is 306 g/mol. The summed E-state index contributed by atoms with van der Waals surface area (Å²) in [5.41, 5.74) is 7.89. The molecule has 0 saturated carbocycles. The number of nitrogens with zero attached hydrogens (tertiary/aromatic N) is 1. The Bertz CT molecular complexity index is 632. The van der Waals surface area contributed by atoms with E-state index in [0.29, 0.717) is 18.7 Å². The van der Waals surface area contributed by atoms with E-state index in [1.54, 1.807) is 23.0 Å². The van der Waals surface area contributed by atoms with E-state index < -0.39 is 0 Å². The van der Waals surface area contributed by atoms with Crippen LogP contribution in [0.5, 0.6) is 0 Å². The first-order chi connectivity index (χ1) is 10.1. The van der Waals surface area contributed by atoms with Crippen molar-refractivity contribution in [2.24, 2.45) is 5.73 Å². The Hall–Kier alpha value is -1.43. The minimum absolute atomic E-state index is 0.0147. The van der Waals surface area contributed by atoms with Gasteiger partial charge in [0.25, 0.3) is 5.56 Å². The molecule has 0 fully saturated rings. The van der Waals surface area contributed by atoms with Gasteiger partial charge in [0.2, 0.25) is 0 Å². The second-order valence-electron chi connectivity index (χ2n) is 5.31. The van der Waals surface area contributed by atoms with Crippen molar-refractivity contribution in [1.82, 2.24) is 4.57 Å². The number of ether oxygens (including phenoxy) is 1. The smallest absolute Gasteiger partial charge is 0.255 e. The van der Waals surface area contributed by atoms with Crippen LogP contribution in [0.4, 0.5) is 0 Å². The maximum Gasteiger partial charge on any atom is 0.255 e. The van der Waals surface area contributed by atoms with Crippen LogP contribution in [0.15, 0.2) is 34.4 Å². The first-order valence-corrected chi connectivity index (χ1v) is 7.95. The molecule has 21 heavy (non-hydrogen) atoms. The van der Waals surface area contributed by atoms with E-state index in [1.165, 1.54) is 0 Å². The van der Waals surface area contributed by atoms with Gasteiger partial charge in [0.15, 0.2) is 0 Å². The number of nitrogens with two attached hydrogens (primary N) is 1. The molecule has 1 atom stereocenters. The highest BCUT2D eigenvalue weighted by Gasteiger charge is 2.17. The van der Waals surface area contributed by atoms with Crippen molar-refractivity contribution >= 4 is 11.3 Å². The lowest BCUT2D eigenvalue weighted by atomic mass is 10.0. The summed E-state index contributed by atoms with van der Waals surface area (Å²) in [6, 6.07) is 7.42. The molecule has 2 N–H and O–H groups in total. The van der Waals surface area contributed by atoms with Crippen molar-refractivity contribution in [3.63, 3.8) is 0 Å². The second kappa shape index (κ2) is 7.02. The summed E-state index contributed by atoms with van der Waals surface area (Å²) in [6.45, 7) is 5.22. The van der Waals surface area contributed by atoms with Gasteiger partial charge in [-0.1, -0.05) is 19.9 Å². The van der Waals surface area contributed by atoms with Gasteiger partial charge < -0.3 is 15.0 Å². The van der Waals surface area contributed by atoms with Gasteiger partial charge in [-0.15, -0.1) is 11.3 Å². The number of methoxy groups -OCH3 is 1. The molecule has 2 aromatic rings. The lowest BCUT2D eigenvalue weighted by Crippen LogP contribution is -2.31. The topological polar surface area (TPSA) is 57.2 Å². The van der Waals surface area contributed by atoms with Crippen LogP contribution in [-0.2, 0) is 11.3 Å². The third kappa shape index (κ3) is 3.43. The first kappa shape index (κ1) is 15.9. The van der Waals surface area contributed by atoms with E-state index in [0.717, 1.165) is 10.6 Å². The normalized spacial score (nSPS) is 12.8. The molecule has 0 aliphatic rings. The Labute approximate surface area is 129 Å². The molecular formula is C16H22N2O2S. The van der Waals surface area contributed by atoms with Crippen LogP contribution in [0.25, 0.3) is 0 Å². The largest absolute Gasteiger partial charge is 0.383 e. The molecule has 4 nitrogen and oxygen atoms in total. The Morgan fingerprint density at radius 3 is 2.67 bits per heavy atom. The second-order valence-corrected chi connectivity index (χ2v) is 6.29. The molecule has 114 valence electrons. The van der Waals surface area contributed by atoms with Crippen LogP contribution < -0.4 is 11.3 Å². The molecule has 1 unspecified atom stereocenters. The highest BCUT2D eigenvalue weighted by atomic mass is 32.1. The van der Waals surface area contributed by atoms with Crippen LogP contribution >= 0.6 is 11.3 Å². The lowest BCUT2D eigenvalue weighted by molar-refractivity contribution is 0.185. The Balaban J connectivity index is 2.46. The fourth-order valence-corrected chi connectivity index (χ4v) is 3.13. The predicted molar refractivity (Wildman–Crippen MR) is 87.0 cm³/mol. The number of hydrogen-bond acceptors (Lipinski definition) is 4. The summed E-state index contributed by atoms with van der Waals surface area (Å²) in [7, 11) is 1.64. The van der Waals surface area contributed by atoms with E-state index in [-0.39, 0.29) is 17.5 Å². The van der Waals surface area contributed by atoms with Gasteiger partial charge in [-0.2, -0.15) is 0 Å². The van der Waals surface area contributed by atoms with Gasteiger partial charge >= 0.3 is 0 Å². The number of thiophene rings is 1. The molecule has 2 aromatic heterocycles. The molecule has 0 aliphatic heterocycles. The van der Waals surface area contributed by atoms with E-state index in [4.69, 9.17) is 10.5 Å². The van der Waals surface area contributed by atoms with Crippen LogP contribution in [0, 0.1) is 0 Å². The van der Waals surface area contributed by atoms with E-state index in [1.807, 2.05) is 29.6 Å². The molecule has 0 bridgehead atoms. The van der Waals surface area contributed by atoms with Gasteiger partial charge in [-0.05, 0) is 29.5 Å². The van der Waals surface area contributed by atoms with Crippen LogP contribution in [0.3, 0.4) is 0 Å². The fourth-order valence-electron chi connectivity index (χ4n) is 2.39. The van der Waals surface area contributed by atoms with Gasteiger partial charge in [-0.25, -0.2) is 0 Å². The first-order valence-electron chi connectivity index (χ1n) is 7.07. The number of hydrogen-bond donors (Lipinski definition) is 1. The summed E-state index contributed by atoms with van der Waals surface area (Å²) < 4.78 is 6.91. The summed E-state index contributed by atoms with van der Waals surface area (Å²) in [4.78, 5) is 13.8. The summed E-state index contributed by atoms with van der Waals surface area (Å²) in [5.74, 6) is 0.279. The zero-order valence-electron chi connectivity index (χ0n) is 12.7. The molecule has 0 amide bonds. The van der Waals surface area contributed by atoms with Crippen LogP contribution in [0.2, 0.25) is 0 Å². The molecule has 2 rings (SSSR count). The van der Waals surface area contributed by atoms with Gasteiger partial charge in [-0.3, -0.25) is 4.79 Å². The predicted octanol–water partition coefficient (Wildman–Crippen LogP) is 2.73. The average Bonchev–Trinajstić information content (AvgIpc) is 2.99. The highest BCUT2D eigenvalue weighted by molar-refractivity contribution is 7.10. The Kier molecular flexibility index (Phi) is 5.33. The van der Waals surface area contributed by atoms with Crippen molar-refractivity contribution in [3.8, 4) is 0 Å². The van der Waals surface area contributed by atoms with Gasteiger partial charge in [0.05, 0.1) is 12.6 Å². The van der Waals surface area contributed by atoms with Gasteiger partial charge in [0, 0.05) is 29.8 Å². The summed E-state index contributed by atoms with van der Waals surface area (Å²) in [5, 5.41) is 1.97. The van der Waals surface area contributed by atoms with Crippen LogP contribution in [0.1, 0.15) is 41.9 Å². The molecular weight excluding hydrogens is 284 g/mol. The molecule has 0 aromatic carbocycles. The monoisotopic (exact) mass is 306 g/mol. The van der Waals surface area contributed by atoms with Crippen molar-refractivity contribution < 1.29 is 4.74 Å². The minimum Gasteiger partial charge on any atom is -0.383 e. The van der Waals surface area contributed by atoms with Crippen molar-refractivity contribution in [1.29, 1.82) is 0 Å². The van der Waals surface area contributed by atoms with Crippen LogP contribution in [-0.4, -0.2) is 18.3 Å². The maximum atomic E-state index is 12.8. The summed E-state index contributed by atoms with van der Waals surface area (Å²) in [6.07, 6.45) is 0. The third-order valence-corrected chi connectivity index (χ3v) is 4.49. The zero-order chi connectivity index (χ0) is 15.4. The lowest BCUT2D eigenvalue weighted by Gasteiger charge is -2.18. The van der Waals surface area contributed by atoms with Gasteiger partial charge in [0.1, 0.15) is 0 Å². The number of pyridine rings is 1. The number of aromatic nitrogens is 1.